The Morgan fingerprint density at radius 3 is 2.42 bits per heavy atom. The lowest BCUT2D eigenvalue weighted by Gasteiger charge is -2.71. The number of esters is 2. The van der Waals surface area contributed by atoms with Crippen molar-refractivity contribution in [3.05, 3.63) is 24.2 Å². The second kappa shape index (κ2) is 7.79. The van der Waals surface area contributed by atoms with Gasteiger partial charge in [0.15, 0.2) is 6.10 Å². The Kier molecular flexibility index (Phi) is 5.29. The minimum atomic E-state index is -0.746. The van der Waals surface area contributed by atoms with Gasteiger partial charge in [-0.25, -0.2) is 4.79 Å². The van der Waals surface area contributed by atoms with Crippen LogP contribution in [0.15, 0.2) is 23.0 Å². The normalized spacial score (nSPS) is 49.7. The zero-order chi connectivity index (χ0) is 26.9. The van der Waals surface area contributed by atoms with Crippen molar-refractivity contribution in [3.8, 4) is 0 Å². The van der Waals surface area contributed by atoms with Crippen LogP contribution < -0.4 is 0 Å². The van der Waals surface area contributed by atoms with Gasteiger partial charge in [0.05, 0.1) is 16.6 Å². The van der Waals surface area contributed by atoms with Gasteiger partial charge in [-0.05, 0) is 60.8 Å². The van der Waals surface area contributed by atoms with Crippen molar-refractivity contribution >= 4 is 35.5 Å². The molecule has 8 heteroatoms. The molecular weight excluding hydrogens is 520 g/mol. The Bertz CT molecular complexity index is 1180. The SMILES string of the molecule is CC(=O)O[C@@H]1CC2C(C)(C)C3(CC[C@]2(C)C2CC[C@@]4(C)[C@H](c5ccoc5)OC(=O)C5OC54[C@@]21C)SCCS3. The molecule has 9 atom stereocenters. The largest absolute Gasteiger partial charge is 0.472 e. The zero-order valence-electron chi connectivity index (χ0n) is 23.3. The zero-order valence-corrected chi connectivity index (χ0v) is 25.0. The Morgan fingerprint density at radius 1 is 1.03 bits per heavy atom. The Balaban J connectivity index is 1.38. The summed E-state index contributed by atoms with van der Waals surface area (Å²) in [4.78, 5) is 26.1. The molecule has 0 bridgehead atoms. The third-order valence-corrected chi connectivity index (χ3v) is 16.6. The van der Waals surface area contributed by atoms with Crippen molar-refractivity contribution < 1.29 is 28.2 Å². The first kappa shape index (κ1) is 25.8. The van der Waals surface area contributed by atoms with Gasteiger partial charge in [0.2, 0.25) is 0 Å². The lowest BCUT2D eigenvalue weighted by Crippen LogP contribution is -2.73. The Morgan fingerprint density at radius 2 is 1.76 bits per heavy atom. The van der Waals surface area contributed by atoms with E-state index in [-0.39, 0.29) is 38.9 Å². The van der Waals surface area contributed by atoms with Crippen molar-refractivity contribution in [2.24, 2.45) is 33.5 Å². The molecule has 4 unspecified atom stereocenters. The fraction of sp³-hybridized carbons (Fsp3) is 0.800. The summed E-state index contributed by atoms with van der Waals surface area (Å²) in [7, 11) is 0. The summed E-state index contributed by atoms with van der Waals surface area (Å²) in [5, 5.41) is 0. The molecule has 0 amide bonds. The maximum atomic E-state index is 13.4. The first-order chi connectivity index (χ1) is 17.9. The predicted molar refractivity (Wildman–Crippen MR) is 147 cm³/mol. The van der Waals surface area contributed by atoms with Gasteiger partial charge in [0.25, 0.3) is 0 Å². The molecular formula is C30H40O6S2. The fourth-order valence-corrected chi connectivity index (χ4v) is 14.5. The standard InChI is InChI=1S/C30H40O6S2/c1-17(31)34-21-15-20-25(2,3)29(37-13-14-38-29)11-10-26(20,4)19-7-9-27(5)22(18-8-12-33-16-18)35-24(32)23-30(27,36-23)28(19,21)6/h8,12,16,19-23H,7,9-11,13-15H2,1-6H3/t19?,20?,21-,22+,23?,26-,27+,28+,30?/m1/s1. The van der Waals surface area contributed by atoms with Crippen molar-refractivity contribution in [2.45, 2.75) is 102 Å². The minimum Gasteiger partial charge on any atom is -0.472 e. The molecule has 3 saturated heterocycles. The molecule has 1 aromatic rings. The van der Waals surface area contributed by atoms with E-state index in [1.807, 2.05) is 6.07 Å². The molecule has 3 saturated carbocycles. The Hall–Kier alpha value is -1.12. The number of carbonyl (C=O) groups is 2. The van der Waals surface area contributed by atoms with E-state index < -0.39 is 28.6 Å². The number of thioether (sulfide) groups is 2. The van der Waals surface area contributed by atoms with Gasteiger partial charge in [-0.1, -0.05) is 34.6 Å². The van der Waals surface area contributed by atoms with Gasteiger partial charge in [-0.2, -0.15) is 0 Å². The molecule has 208 valence electrons. The summed E-state index contributed by atoms with van der Waals surface area (Å²) in [6.07, 6.45) is 6.96. The highest BCUT2D eigenvalue weighted by Crippen LogP contribution is 2.82. The number of hydrogen-bond acceptors (Lipinski definition) is 8. The molecule has 6 aliphatic rings. The van der Waals surface area contributed by atoms with Crippen molar-refractivity contribution in [3.63, 3.8) is 0 Å². The highest BCUT2D eigenvalue weighted by molar-refractivity contribution is 8.21. The summed E-state index contributed by atoms with van der Waals surface area (Å²) < 4.78 is 24.7. The highest BCUT2D eigenvalue weighted by atomic mass is 32.2. The summed E-state index contributed by atoms with van der Waals surface area (Å²) in [5.74, 6) is 2.53. The van der Waals surface area contributed by atoms with Crippen LogP contribution in [0.2, 0.25) is 0 Å². The summed E-state index contributed by atoms with van der Waals surface area (Å²) in [6.45, 7) is 13.5. The second-order valence-corrected chi connectivity index (χ2v) is 17.0. The molecule has 7 rings (SSSR count). The molecule has 6 nitrogen and oxygen atoms in total. The molecule has 4 heterocycles. The van der Waals surface area contributed by atoms with Crippen LogP contribution in [0.5, 0.6) is 0 Å². The monoisotopic (exact) mass is 560 g/mol. The molecule has 38 heavy (non-hydrogen) atoms. The van der Waals surface area contributed by atoms with Crippen molar-refractivity contribution in [1.82, 2.24) is 0 Å². The average molecular weight is 561 g/mol. The summed E-state index contributed by atoms with van der Waals surface area (Å²) >= 11 is 4.31. The smallest absolute Gasteiger partial charge is 0.339 e. The van der Waals surface area contributed by atoms with Crippen LogP contribution in [0.25, 0.3) is 0 Å². The number of carbonyl (C=O) groups excluding carboxylic acids is 2. The molecule has 0 radical (unpaired) electrons. The third kappa shape index (κ3) is 2.79. The van der Waals surface area contributed by atoms with E-state index in [4.69, 9.17) is 18.6 Å². The van der Waals surface area contributed by atoms with Crippen molar-refractivity contribution in [2.75, 3.05) is 11.5 Å². The molecule has 0 N–H and O–H groups in total. The summed E-state index contributed by atoms with van der Waals surface area (Å²) in [6, 6.07) is 1.90. The maximum Gasteiger partial charge on any atom is 0.339 e. The van der Waals surface area contributed by atoms with E-state index in [0.29, 0.717) is 5.92 Å². The lowest BCUT2D eigenvalue weighted by molar-refractivity contribution is -0.267. The summed E-state index contributed by atoms with van der Waals surface area (Å²) in [5.41, 5.74) is -0.702. The van der Waals surface area contributed by atoms with Crippen LogP contribution in [0.4, 0.5) is 0 Å². The van der Waals surface area contributed by atoms with Crippen LogP contribution in [0.3, 0.4) is 0 Å². The minimum absolute atomic E-state index is 0.0585. The van der Waals surface area contributed by atoms with E-state index in [1.54, 1.807) is 12.5 Å². The molecule has 3 aliphatic carbocycles. The second-order valence-electron chi connectivity index (χ2n) is 14.0. The Labute approximate surface area is 234 Å². The number of ether oxygens (including phenoxy) is 3. The number of epoxide rings is 1. The van der Waals surface area contributed by atoms with Crippen molar-refractivity contribution in [1.29, 1.82) is 0 Å². The van der Waals surface area contributed by atoms with Crippen LogP contribution in [0.1, 0.15) is 85.3 Å². The lowest BCUT2D eigenvalue weighted by atomic mass is 9.35. The number of cyclic esters (lactones) is 1. The quantitative estimate of drug-likeness (QED) is 0.304. The van der Waals surface area contributed by atoms with E-state index in [1.165, 1.54) is 24.9 Å². The fourth-order valence-electron chi connectivity index (χ4n) is 10.8. The number of rotatable bonds is 2. The topological polar surface area (TPSA) is 78.3 Å². The average Bonchev–Trinajstić information content (AvgIpc) is 3.17. The first-order valence-electron chi connectivity index (χ1n) is 14.2. The van der Waals surface area contributed by atoms with Gasteiger partial charge in [-0.3, -0.25) is 4.79 Å². The molecule has 0 aromatic carbocycles. The maximum absolute atomic E-state index is 13.4. The van der Waals surface area contributed by atoms with E-state index in [2.05, 4.69) is 58.1 Å². The number of hydrogen-bond donors (Lipinski definition) is 0. The van der Waals surface area contributed by atoms with Gasteiger partial charge < -0.3 is 18.6 Å². The van der Waals surface area contributed by atoms with Gasteiger partial charge in [0.1, 0.15) is 17.8 Å². The van der Waals surface area contributed by atoms with Crippen LogP contribution in [-0.4, -0.2) is 45.3 Å². The van der Waals surface area contributed by atoms with Crippen LogP contribution in [0, 0.1) is 33.5 Å². The van der Waals surface area contributed by atoms with Gasteiger partial charge in [0, 0.05) is 34.8 Å². The van der Waals surface area contributed by atoms with E-state index in [9.17, 15) is 9.59 Å². The third-order valence-electron chi connectivity index (χ3n) is 12.4. The van der Waals surface area contributed by atoms with Crippen LogP contribution in [-0.2, 0) is 23.8 Å². The predicted octanol–water partition coefficient (Wildman–Crippen LogP) is 6.39. The number of furan rings is 1. The molecule has 6 fully saturated rings. The van der Waals surface area contributed by atoms with E-state index >= 15 is 0 Å². The molecule has 1 aromatic heterocycles. The molecule has 3 aliphatic heterocycles. The molecule has 2 spiro atoms. The number of fused-ring (bicyclic) bond motifs is 3. The van der Waals surface area contributed by atoms with Gasteiger partial charge in [-0.15, -0.1) is 23.5 Å². The first-order valence-corrected chi connectivity index (χ1v) is 16.2. The van der Waals surface area contributed by atoms with Crippen LogP contribution >= 0.6 is 23.5 Å². The van der Waals surface area contributed by atoms with E-state index in [0.717, 1.165) is 31.2 Å². The highest BCUT2D eigenvalue weighted by Gasteiger charge is 2.88. The van der Waals surface area contributed by atoms with Gasteiger partial charge >= 0.3 is 11.9 Å².